The number of aromatic nitrogens is 3. The number of benzene rings is 1. The van der Waals surface area contributed by atoms with E-state index in [0.29, 0.717) is 24.7 Å². The first-order chi connectivity index (χ1) is 15.2. The molecule has 1 aliphatic heterocycles. The summed E-state index contributed by atoms with van der Waals surface area (Å²) in [4.78, 5) is 30.4. The van der Waals surface area contributed by atoms with Crippen LogP contribution >= 0.6 is 0 Å². The average molecular weight is 421 g/mol. The number of oxazole rings is 1. The number of carbonyl (C=O) groups is 1. The summed E-state index contributed by atoms with van der Waals surface area (Å²) in [6.45, 7) is 5.85. The van der Waals surface area contributed by atoms with E-state index in [1.807, 2.05) is 6.07 Å². The van der Waals surface area contributed by atoms with Crippen LogP contribution in [-0.2, 0) is 13.1 Å². The van der Waals surface area contributed by atoms with Gasteiger partial charge in [-0.25, -0.2) is 9.97 Å². The van der Waals surface area contributed by atoms with Gasteiger partial charge in [-0.15, -0.1) is 0 Å². The molecule has 2 aromatic heterocycles. The smallest absolute Gasteiger partial charge is 0.275 e. The largest absolute Gasteiger partial charge is 0.447 e. The van der Waals surface area contributed by atoms with Gasteiger partial charge in [0.1, 0.15) is 12.1 Å². The summed E-state index contributed by atoms with van der Waals surface area (Å²) in [7, 11) is 1.73. The minimum atomic E-state index is -0.179. The topological polar surface area (TPSA) is 81.5 Å². The Hall–Kier alpha value is -3.23. The van der Waals surface area contributed by atoms with E-state index >= 15 is 0 Å². The van der Waals surface area contributed by atoms with E-state index in [4.69, 9.17) is 4.42 Å². The second-order valence-corrected chi connectivity index (χ2v) is 7.71. The highest BCUT2D eigenvalue weighted by Gasteiger charge is 2.21. The Morgan fingerprint density at radius 3 is 2.71 bits per heavy atom. The normalized spacial score (nSPS) is 15.5. The first-order valence-electron chi connectivity index (χ1n) is 10.5. The van der Waals surface area contributed by atoms with E-state index < -0.39 is 0 Å². The molecular formula is C23H28N6O2. The van der Waals surface area contributed by atoms with Crippen molar-refractivity contribution < 1.29 is 9.21 Å². The zero-order valence-electron chi connectivity index (χ0n) is 17.8. The van der Waals surface area contributed by atoms with Crippen LogP contribution in [0.1, 0.15) is 27.8 Å². The summed E-state index contributed by atoms with van der Waals surface area (Å²) in [6, 6.07) is 10.4. The molecule has 1 fully saturated rings. The third-order valence-electron chi connectivity index (χ3n) is 5.36. The van der Waals surface area contributed by atoms with E-state index in [1.165, 1.54) is 11.8 Å². The molecule has 162 valence electrons. The molecule has 0 atom stereocenters. The van der Waals surface area contributed by atoms with E-state index in [2.05, 4.69) is 61.2 Å². The van der Waals surface area contributed by atoms with Crippen LogP contribution < -0.4 is 0 Å². The maximum absolute atomic E-state index is 12.6. The summed E-state index contributed by atoms with van der Waals surface area (Å²) in [5.41, 5.74) is 1.55. The van der Waals surface area contributed by atoms with Crippen LogP contribution in [0.3, 0.4) is 0 Å². The highest BCUT2D eigenvalue weighted by molar-refractivity contribution is 5.91. The monoisotopic (exact) mass is 420 g/mol. The van der Waals surface area contributed by atoms with Crippen molar-refractivity contribution in [1.82, 2.24) is 29.7 Å². The molecule has 0 unspecified atom stereocenters. The van der Waals surface area contributed by atoms with Gasteiger partial charge >= 0.3 is 0 Å². The molecular weight excluding hydrogens is 392 g/mol. The number of rotatable bonds is 8. The van der Waals surface area contributed by atoms with Crippen molar-refractivity contribution in [2.24, 2.45) is 0 Å². The van der Waals surface area contributed by atoms with Gasteiger partial charge in [-0.1, -0.05) is 42.5 Å². The Bertz CT molecular complexity index is 975. The highest BCUT2D eigenvalue weighted by Crippen LogP contribution is 2.11. The zero-order chi connectivity index (χ0) is 21.5. The number of nitrogens with one attached hydrogen (secondary N) is 1. The van der Waals surface area contributed by atoms with Crippen molar-refractivity contribution in [2.45, 2.75) is 13.1 Å². The van der Waals surface area contributed by atoms with Crippen LogP contribution in [0, 0.1) is 0 Å². The van der Waals surface area contributed by atoms with Gasteiger partial charge in [0.05, 0.1) is 13.1 Å². The summed E-state index contributed by atoms with van der Waals surface area (Å²) in [5, 5.41) is 0. The third-order valence-corrected chi connectivity index (χ3v) is 5.36. The molecule has 31 heavy (non-hydrogen) atoms. The number of imidazole rings is 1. The lowest BCUT2D eigenvalue weighted by molar-refractivity contribution is 0.0776. The van der Waals surface area contributed by atoms with Gasteiger partial charge in [0.15, 0.2) is 5.69 Å². The molecule has 4 rings (SSSR count). The maximum atomic E-state index is 12.6. The van der Waals surface area contributed by atoms with Gasteiger partial charge in [0, 0.05) is 52.2 Å². The Labute approximate surface area is 182 Å². The lowest BCUT2D eigenvalue weighted by Crippen LogP contribution is -2.45. The number of H-pyrrole nitrogens is 1. The number of nitrogens with zero attached hydrogens (tertiary/aromatic N) is 5. The summed E-state index contributed by atoms with van der Waals surface area (Å²) < 4.78 is 5.57. The molecule has 1 N–H and O–H groups in total. The highest BCUT2D eigenvalue weighted by atomic mass is 16.3. The molecule has 1 aromatic carbocycles. The fraction of sp³-hybridized carbons (Fsp3) is 0.348. The van der Waals surface area contributed by atoms with Crippen LogP contribution in [0.15, 0.2) is 59.5 Å². The van der Waals surface area contributed by atoms with Crippen molar-refractivity contribution in [2.75, 3.05) is 39.8 Å². The van der Waals surface area contributed by atoms with Crippen molar-refractivity contribution >= 4 is 12.0 Å². The van der Waals surface area contributed by atoms with Crippen molar-refractivity contribution in [3.63, 3.8) is 0 Å². The van der Waals surface area contributed by atoms with Gasteiger partial charge < -0.3 is 14.3 Å². The molecule has 1 aliphatic rings. The molecule has 1 amide bonds. The van der Waals surface area contributed by atoms with E-state index in [9.17, 15) is 4.79 Å². The minimum absolute atomic E-state index is 0.179. The second-order valence-electron chi connectivity index (χ2n) is 7.71. The Balaban J connectivity index is 1.21. The molecule has 0 radical (unpaired) electrons. The summed E-state index contributed by atoms with van der Waals surface area (Å²) in [6.07, 6.45) is 9.24. The SMILES string of the molecule is CN(Cc1ncc[nH]1)C(=O)c1coc(CN2CCN(CC=Cc3ccccc3)CC2)n1. The van der Waals surface area contributed by atoms with Gasteiger partial charge in [-0.2, -0.15) is 0 Å². The number of amides is 1. The minimum Gasteiger partial charge on any atom is -0.447 e. The van der Waals surface area contributed by atoms with Crippen LogP contribution in [0.4, 0.5) is 0 Å². The Morgan fingerprint density at radius 2 is 1.97 bits per heavy atom. The van der Waals surface area contributed by atoms with Crippen molar-refractivity contribution in [3.8, 4) is 0 Å². The number of hydrogen-bond donors (Lipinski definition) is 1. The first-order valence-corrected chi connectivity index (χ1v) is 10.5. The maximum Gasteiger partial charge on any atom is 0.275 e. The fourth-order valence-electron chi connectivity index (χ4n) is 3.58. The third kappa shape index (κ3) is 5.90. The van der Waals surface area contributed by atoms with Crippen molar-refractivity contribution in [3.05, 3.63) is 78.0 Å². The summed E-state index contributed by atoms with van der Waals surface area (Å²) >= 11 is 0. The molecule has 0 bridgehead atoms. The molecule has 8 nitrogen and oxygen atoms in total. The van der Waals surface area contributed by atoms with Crippen LogP contribution in [0.5, 0.6) is 0 Å². The molecule has 8 heteroatoms. The Morgan fingerprint density at radius 1 is 1.19 bits per heavy atom. The average Bonchev–Trinajstić information content (AvgIpc) is 3.47. The summed E-state index contributed by atoms with van der Waals surface area (Å²) in [5.74, 6) is 1.13. The predicted octanol–water partition coefficient (Wildman–Crippen LogP) is 2.50. The standard InChI is InChI=1S/C23H28N6O2/c1-27(16-21-24-9-10-25-21)23(30)20-18-31-22(26-20)17-29-14-12-28(13-15-29)11-5-8-19-6-3-2-4-7-19/h2-10,18H,11-17H2,1H3,(H,24,25). The van der Waals surface area contributed by atoms with Gasteiger partial charge in [-0.05, 0) is 5.56 Å². The molecule has 0 aliphatic carbocycles. The van der Waals surface area contributed by atoms with Crippen LogP contribution in [0.25, 0.3) is 6.08 Å². The number of piperazine rings is 1. The fourth-order valence-corrected chi connectivity index (χ4v) is 3.58. The van der Waals surface area contributed by atoms with E-state index in [1.54, 1.807) is 24.3 Å². The molecule has 1 saturated heterocycles. The quantitative estimate of drug-likeness (QED) is 0.603. The lowest BCUT2D eigenvalue weighted by Gasteiger charge is -2.33. The number of carbonyl (C=O) groups excluding carboxylic acids is 1. The van der Waals surface area contributed by atoms with Gasteiger partial charge in [0.25, 0.3) is 5.91 Å². The van der Waals surface area contributed by atoms with Crippen molar-refractivity contribution in [1.29, 1.82) is 0 Å². The van der Waals surface area contributed by atoms with Crippen LogP contribution in [-0.4, -0.2) is 75.3 Å². The zero-order valence-corrected chi connectivity index (χ0v) is 17.8. The second kappa shape index (κ2) is 10.2. The van der Waals surface area contributed by atoms with Gasteiger partial charge in [0.2, 0.25) is 5.89 Å². The molecule has 3 aromatic rings. The molecule has 0 saturated carbocycles. The first kappa shape index (κ1) is 21.0. The number of hydrogen-bond acceptors (Lipinski definition) is 6. The lowest BCUT2D eigenvalue weighted by atomic mass is 10.2. The van der Waals surface area contributed by atoms with E-state index in [0.717, 1.165) is 38.5 Å². The Kier molecular flexibility index (Phi) is 6.91. The van der Waals surface area contributed by atoms with Gasteiger partial charge in [-0.3, -0.25) is 14.6 Å². The number of aromatic amines is 1. The van der Waals surface area contributed by atoms with Crippen LogP contribution in [0.2, 0.25) is 0 Å². The predicted molar refractivity (Wildman–Crippen MR) is 118 cm³/mol. The molecule has 3 heterocycles. The molecule has 0 spiro atoms. The van der Waals surface area contributed by atoms with E-state index in [-0.39, 0.29) is 5.91 Å².